The van der Waals surface area contributed by atoms with Gasteiger partial charge in [-0.25, -0.2) is 0 Å². The predicted molar refractivity (Wildman–Crippen MR) is 72.0 cm³/mol. The van der Waals surface area contributed by atoms with E-state index in [2.05, 4.69) is 60.8 Å². The van der Waals surface area contributed by atoms with Crippen LogP contribution in [0.25, 0.3) is 10.4 Å². The van der Waals surface area contributed by atoms with Crippen LogP contribution in [-0.4, -0.2) is 25.5 Å². The van der Waals surface area contributed by atoms with Crippen LogP contribution in [-0.2, 0) is 6.42 Å². The van der Waals surface area contributed by atoms with Crippen LogP contribution >= 0.6 is 11.3 Å². The topological polar surface area (TPSA) is 3.24 Å². The minimum Gasteiger partial charge on any atom is -0.309 e. The number of likely N-dealkylation sites (N-methyl/N-ethyl adjacent to an activating group) is 1. The molecule has 0 radical (unpaired) electrons. The third kappa shape index (κ3) is 2.71. The molecule has 0 amide bonds. The van der Waals surface area contributed by atoms with E-state index in [-0.39, 0.29) is 0 Å². The Morgan fingerprint density at radius 1 is 1.06 bits per heavy atom. The molecule has 0 saturated heterocycles. The molecule has 16 heavy (non-hydrogen) atoms. The average Bonchev–Trinajstić information content (AvgIpc) is 2.75. The molecule has 0 atom stereocenters. The van der Waals surface area contributed by atoms with Gasteiger partial charge in [0.1, 0.15) is 0 Å². The molecule has 1 nitrogen and oxygen atoms in total. The van der Waals surface area contributed by atoms with Crippen molar-refractivity contribution in [3.05, 3.63) is 47.3 Å². The van der Waals surface area contributed by atoms with Crippen LogP contribution in [0, 0.1) is 0 Å². The summed E-state index contributed by atoms with van der Waals surface area (Å²) in [4.78, 5) is 3.65. The van der Waals surface area contributed by atoms with Crippen LogP contribution < -0.4 is 0 Å². The van der Waals surface area contributed by atoms with E-state index in [1.807, 2.05) is 11.3 Å². The highest BCUT2D eigenvalue weighted by molar-refractivity contribution is 7.13. The number of hydrogen-bond donors (Lipinski definition) is 0. The third-order valence-corrected chi connectivity index (χ3v) is 3.62. The molecule has 1 aromatic heterocycles. The summed E-state index contributed by atoms with van der Waals surface area (Å²) in [7, 11) is 4.24. The van der Waals surface area contributed by atoms with Gasteiger partial charge in [-0.1, -0.05) is 30.3 Å². The molecule has 2 aromatic rings. The van der Waals surface area contributed by atoms with Gasteiger partial charge >= 0.3 is 0 Å². The Kier molecular flexibility index (Phi) is 3.75. The molecule has 2 rings (SSSR count). The molecule has 0 saturated carbocycles. The van der Waals surface area contributed by atoms with Gasteiger partial charge in [-0.3, -0.25) is 0 Å². The smallest absolute Gasteiger partial charge is 0.0375 e. The molecule has 0 unspecified atom stereocenters. The molecule has 0 fully saturated rings. The minimum absolute atomic E-state index is 1.11. The zero-order chi connectivity index (χ0) is 11.4. The molecule has 0 aliphatic heterocycles. The summed E-state index contributed by atoms with van der Waals surface area (Å²) >= 11 is 1.84. The van der Waals surface area contributed by atoms with Crippen molar-refractivity contribution in [2.24, 2.45) is 0 Å². The first-order valence-corrected chi connectivity index (χ1v) is 6.42. The van der Waals surface area contributed by atoms with E-state index >= 15 is 0 Å². The maximum Gasteiger partial charge on any atom is 0.0375 e. The average molecular weight is 231 g/mol. The largest absolute Gasteiger partial charge is 0.309 e. The zero-order valence-corrected chi connectivity index (χ0v) is 10.6. The zero-order valence-electron chi connectivity index (χ0n) is 9.81. The SMILES string of the molecule is CN(C)CCc1ccsc1-c1ccccc1. The van der Waals surface area contributed by atoms with Crippen molar-refractivity contribution in [1.82, 2.24) is 4.90 Å². The lowest BCUT2D eigenvalue weighted by Gasteiger charge is -2.09. The lowest BCUT2D eigenvalue weighted by atomic mass is 10.1. The highest BCUT2D eigenvalue weighted by Crippen LogP contribution is 2.29. The van der Waals surface area contributed by atoms with Crippen LogP contribution in [0.2, 0.25) is 0 Å². The van der Waals surface area contributed by atoms with Crippen LogP contribution in [0.1, 0.15) is 5.56 Å². The van der Waals surface area contributed by atoms with Crippen LogP contribution in [0.3, 0.4) is 0 Å². The van der Waals surface area contributed by atoms with E-state index in [4.69, 9.17) is 0 Å². The second kappa shape index (κ2) is 5.28. The van der Waals surface area contributed by atoms with E-state index in [9.17, 15) is 0 Å². The van der Waals surface area contributed by atoms with E-state index in [0.29, 0.717) is 0 Å². The number of hydrogen-bond acceptors (Lipinski definition) is 2. The van der Waals surface area contributed by atoms with Crippen molar-refractivity contribution in [1.29, 1.82) is 0 Å². The Bertz CT molecular complexity index is 431. The molecule has 84 valence electrons. The summed E-state index contributed by atoms with van der Waals surface area (Å²) < 4.78 is 0. The maximum atomic E-state index is 2.25. The Labute approximate surface area is 101 Å². The second-order valence-corrected chi connectivity index (χ2v) is 5.11. The molecule has 1 aromatic carbocycles. The molecule has 0 bridgehead atoms. The normalized spacial score (nSPS) is 10.9. The van der Waals surface area contributed by atoms with Crippen LogP contribution in [0.15, 0.2) is 41.8 Å². The summed E-state index contributed by atoms with van der Waals surface area (Å²) in [5.74, 6) is 0. The Hall–Kier alpha value is -1.12. The monoisotopic (exact) mass is 231 g/mol. The maximum absolute atomic E-state index is 2.25. The van der Waals surface area contributed by atoms with Gasteiger partial charge in [0.15, 0.2) is 0 Å². The van der Waals surface area contributed by atoms with Gasteiger partial charge in [0.25, 0.3) is 0 Å². The molecular weight excluding hydrogens is 214 g/mol. The highest BCUT2D eigenvalue weighted by Gasteiger charge is 2.06. The lowest BCUT2D eigenvalue weighted by molar-refractivity contribution is 0.414. The van der Waals surface area contributed by atoms with E-state index < -0.39 is 0 Å². The second-order valence-electron chi connectivity index (χ2n) is 4.19. The van der Waals surface area contributed by atoms with Gasteiger partial charge in [0.2, 0.25) is 0 Å². The van der Waals surface area contributed by atoms with Crippen molar-refractivity contribution < 1.29 is 0 Å². The van der Waals surface area contributed by atoms with Crippen LogP contribution in [0.4, 0.5) is 0 Å². The lowest BCUT2D eigenvalue weighted by Crippen LogP contribution is -2.14. The summed E-state index contributed by atoms with van der Waals surface area (Å²) in [6.07, 6.45) is 1.13. The van der Waals surface area contributed by atoms with Crippen molar-refractivity contribution in [2.45, 2.75) is 6.42 Å². The van der Waals surface area contributed by atoms with Gasteiger partial charge in [-0.2, -0.15) is 0 Å². The fourth-order valence-corrected chi connectivity index (χ4v) is 2.68. The number of nitrogens with zero attached hydrogens (tertiary/aromatic N) is 1. The fourth-order valence-electron chi connectivity index (χ4n) is 1.72. The number of thiophene rings is 1. The summed E-state index contributed by atoms with van der Waals surface area (Å²) in [5, 5.41) is 2.19. The third-order valence-electron chi connectivity index (χ3n) is 2.61. The first-order valence-electron chi connectivity index (χ1n) is 5.54. The summed E-state index contributed by atoms with van der Waals surface area (Å²) in [6, 6.07) is 12.9. The molecule has 0 aliphatic carbocycles. The first-order chi connectivity index (χ1) is 7.77. The van der Waals surface area contributed by atoms with Gasteiger partial charge in [0.05, 0.1) is 0 Å². The van der Waals surface area contributed by atoms with Gasteiger partial charge in [-0.05, 0) is 43.1 Å². The van der Waals surface area contributed by atoms with E-state index in [1.165, 1.54) is 16.0 Å². The van der Waals surface area contributed by atoms with E-state index in [1.54, 1.807) is 0 Å². The Morgan fingerprint density at radius 3 is 2.50 bits per heavy atom. The first kappa shape index (κ1) is 11.4. The van der Waals surface area contributed by atoms with E-state index in [0.717, 1.165) is 13.0 Å². The minimum atomic E-state index is 1.11. The summed E-state index contributed by atoms with van der Waals surface area (Å²) in [6.45, 7) is 1.11. The molecule has 0 spiro atoms. The van der Waals surface area contributed by atoms with Gasteiger partial charge < -0.3 is 4.90 Å². The van der Waals surface area contributed by atoms with Crippen molar-refractivity contribution in [2.75, 3.05) is 20.6 Å². The molecule has 1 heterocycles. The van der Waals surface area contributed by atoms with Gasteiger partial charge in [0, 0.05) is 11.4 Å². The van der Waals surface area contributed by atoms with Crippen molar-refractivity contribution in [3.63, 3.8) is 0 Å². The number of benzene rings is 1. The highest BCUT2D eigenvalue weighted by atomic mass is 32.1. The molecule has 0 aliphatic rings. The molecule has 2 heteroatoms. The fraction of sp³-hybridized carbons (Fsp3) is 0.286. The summed E-state index contributed by atoms with van der Waals surface area (Å²) in [5.41, 5.74) is 2.80. The molecule has 0 N–H and O–H groups in total. The predicted octanol–water partition coefficient (Wildman–Crippen LogP) is 3.52. The van der Waals surface area contributed by atoms with Gasteiger partial charge in [-0.15, -0.1) is 11.3 Å². The Morgan fingerprint density at radius 2 is 1.81 bits per heavy atom. The quantitative estimate of drug-likeness (QED) is 0.778. The van der Waals surface area contributed by atoms with Crippen molar-refractivity contribution in [3.8, 4) is 10.4 Å². The number of rotatable bonds is 4. The Balaban J connectivity index is 2.19. The van der Waals surface area contributed by atoms with Crippen molar-refractivity contribution >= 4 is 11.3 Å². The van der Waals surface area contributed by atoms with Crippen LogP contribution in [0.5, 0.6) is 0 Å². The standard InChI is InChI=1S/C14H17NS/c1-15(2)10-8-13-9-11-16-14(13)12-6-4-3-5-7-12/h3-7,9,11H,8,10H2,1-2H3. The molecular formula is C14H17NS.